The van der Waals surface area contributed by atoms with Gasteiger partial charge in [0.2, 0.25) is 5.95 Å². The van der Waals surface area contributed by atoms with Gasteiger partial charge in [0.25, 0.3) is 5.95 Å². The lowest BCUT2D eigenvalue weighted by Gasteiger charge is -2.06. The van der Waals surface area contributed by atoms with Gasteiger partial charge < -0.3 is 10.1 Å². The van der Waals surface area contributed by atoms with Crippen molar-refractivity contribution in [2.45, 2.75) is 13.1 Å². The minimum absolute atomic E-state index is 0.00547. The standard InChI is InChI=1S/C10H11F3N6O/c1-3-20-9-17-7(14-2)16-8(18-9)19-5-6(4-15-19)10(11,12)13/h4-5H,3H2,1-2H3,(H,14,16,17,18). The summed E-state index contributed by atoms with van der Waals surface area (Å²) in [7, 11) is 1.57. The van der Waals surface area contributed by atoms with Gasteiger partial charge in [-0.05, 0) is 6.92 Å². The van der Waals surface area contributed by atoms with Crippen LogP contribution in [0.4, 0.5) is 19.1 Å². The van der Waals surface area contributed by atoms with E-state index < -0.39 is 11.7 Å². The molecule has 2 aromatic heterocycles. The number of aromatic nitrogens is 5. The molecule has 2 aromatic rings. The van der Waals surface area contributed by atoms with Gasteiger partial charge in [-0.2, -0.15) is 33.2 Å². The van der Waals surface area contributed by atoms with Crippen LogP contribution in [0.15, 0.2) is 12.4 Å². The van der Waals surface area contributed by atoms with Crippen LogP contribution in [0.2, 0.25) is 0 Å². The molecule has 0 saturated carbocycles. The van der Waals surface area contributed by atoms with Crippen molar-refractivity contribution in [1.29, 1.82) is 0 Å². The summed E-state index contributed by atoms with van der Waals surface area (Å²) in [6.07, 6.45) is -2.98. The number of ether oxygens (including phenoxy) is 1. The minimum Gasteiger partial charge on any atom is -0.464 e. The van der Waals surface area contributed by atoms with Crippen molar-refractivity contribution in [2.24, 2.45) is 0 Å². The molecule has 0 bridgehead atoms. The highest BCUT2D eigenvalue weighted by atomic mass is 19.4. The lowest BCUT2D eigenvalue weighted by atomic mass is 10.4. The molecule has 0 radical (unpaired) electrons. The fraction of sp³-hybridized carbons (Fsp3) is 0.400. The van der Waals surface area contributed by atoms with E-state index in [0.29, 0.717) is 12.8 Å². The summed E-state index contributed by atoms with van der Waals surface area (Å²) in [6, 6.07) is 0.00547. The van der Waals surface area contributed by atoms with E-state index >= 15 is 0 Å². The van der Waals surface area contributed by atoms with Crippen LogP contribution in [0.25, 0.3) is 5.95 Å². The van der Waals surface area contributed by atoms with Gasteiger partial charge in [-0.15, -0.1) is 0 Å². The predicted octanol–water partition coefficient (Wildman–Crippen LogP) is 1.52. The molecule has 0 atom stereocenters. The highest BCUT2D eigenvalue weighted by Crippen LogP contribution is 2.28. The molecule has 7 nitrogen and oxygen atoms in total. The quantitative estimate of drug-likeness (QED) is 0.919. The summed E-state index contributed by atoms with van der Waals surface area (Å²) < 4.78 is 43.6. The monoisotopic (exact) mass is 288 g/mol. The Hall–Kier alpha value is -2.39. The van der Waals surface area contributed by atoms with Gasteiger partial charge in [-0.1, -0.05) is 0 Å². The molecular weight excluding hydrogens is 277 g/mol. The molecule has 0 spiro atoms. The zero-order valence-corrected chi connectivity index (χ0v) is 10.6. The number of halogens is 3. The van der Waals surface area contributed by atoms with Crippen LogP contribution in [-0.2, 0) is 6.18 Å². The third-order valence-electron chi connectivity index (χ3n) is 2.21. The van der Waals surface area contributed by atoms with Gasteiger partial charge in [0.15, 0.2) is 0 Å². The average Bonchev–Trinajstić information content (AvgIpc) is 2.88. The molecule has 20 heavy (non-hydrogen) atoms. The number of nitrogens with zero attached hydrogens (tertiary/aromatic N) is 5. The molecule has 0 amide bonds. The van der Waals surface area contributed by atoms with Crippen LogP contribution in [0.5, 0.6) is 6.01 Å². The Bertz CT molecular complexity index is 597. The van der Waals surface area contributed by atoms with E-state index in [1.807, 2.05) is 0 Å². The largest absolute Gasteiger partial charge is 0.464 e. The van der Waals surface area contributed by atoms with Crippen molar-refractivity contribution in [3.8, 4) is 12.0 Å². The summed E-state index contributed by atoms with van der Waals surface area (Å²) in [6.45, 7) is 2.05. The van der Waals surface area contributed by atoms with Crippen molar-refractivity contribution in [2.75, 3.05) is 19.0 Å². The molecule has 0 unspecified atom stereocenters. The summed E-state index contributed by atoms with van der Waals surface area (Å²) >= 11 is 0. The van der Waals surface area contributed by atoms with Crippen LogP contribution in [-0.4, -0.2) is 38.4 Å². The highest BCUT2D eigenvalue weighted by Gasteiger charge is 2.32. The predicted molar refractivity (Wildman–Crippen MR) is 62.7 cm³/mol. The topological polar surface area (TPSA) is 77.8 Å². The van der Waals surface area contributed by atoms with Gasteiger partial charge in [0, 0.05) is 13.2 Å². The molecule has 10 heteroatoms. The van der Waals surface area contributed by atoms with E-state index in [0.717, 1.165) is 10.9 Å². The Morgan fingerprint density at radius 2 is 2.05 bits per heavy atom. The molecule has 108 valence electrons. The number of nitrogens with one attached hydrogen (secondary N) is 1. The fourth-order valence-electron chi connectivity index (χ4n) is 1.33. The summed E-state index contributed by atoms with van der Waals surface area (Å²) in [5, 5.41) is 6.26. The zero-order chi connectivity index (χ0) is 14.8. The lowest BCUT2D eigenvalue weighted by molar-refractivity contribution is -0.137. The maximum atomic E-state index is 12.5. The second-order valence-electron chi connectivity index (χ2n) is 3.60. The summed E-state index contributed by atoms with van der Waals surface area (Å²) in [4.78, 5) is 11.7. The molecular formula is C10H11F3N6O. The smallest absolute Gasteiger partial charge is 0.419 e. The molecule has 0 aliphatic heterocycles. The molecule has 0 aliphatic carbocycles. The number of hydrogen-bond donors (Lipinski definition) is 1. The molecule has 2 rings (SSSR count). The average molecular weight is 288 g/mol. The van der Waals surface area contributed by atoms with E-state index in [-0.39, 0.29) is 17.9 Å². The number of anilines is 1. The van der Waals surface area contributed by atoms with Crippen LogP contribution in [0.3, 0.4) is 0 Å². The fourth-order valence-corrected chi connectivity index (χ4v) is 1.33. The van der Waals surface area contributed by atoms with E-state index in [9.17, 15) is 13.2 Å². The first kappa shape index (κ1) is 14.0. The first-order valence-corrected chi connectivity index (χ1v) is 5.63. The van der Waals surface area contributed by atoms with Gasteiger partial charge in [0.05, 0.1) is 18.4 Å². The van der Waals surface area contributed by atoms with Crippen molar-refractivity contribution < 1.29 is 17.9 Å². The number of alkyl halides is 3. The van der Waals surface area contributed by atoms with Gasteiger partial charge in [0.1, 0.15) is 0 Å². The second kappa shape index (κ2) is 5.31. The first-order valence-electron chi connectivity index (χ1n) is 5.63. The number of rotatable bonds is 4. The maximum absolute atomic E-state index is 12.5. The molecule has 0 aliphatic rings. The summed E-state index contributed by atoms with van der Waals surface area (Å²) in [5.41, 5.74) is -0.887. The van der Waals surface area contributed by atoms with E-state index in [1.165, 1.54) is 0 Å². The lowest BCUT2D eigenvalue weighted by Crippen LogP contribution is -2.09. The molecule has 1 N–H and O–H groups in total. The Labute approximate surface area is 111 Å². The third-order valence-corrected chi connectivity index (χ3v) is 2.21. The SMILES string of the molecule is CCOc1nc(NC)nc(-n2cc(C(F)(F)F)cn2)n1. The van der Waals surface area contributed by atoms with Crippen LogP contribution in [0.1, 0.15) is 12.5 Å². The normalized spacial score (nSPS) is 11.4. The van der Waals surface area contributed by atoms with Crippen LogP contribution >= 0.6 is 0 Å². The number of hydrogen-bond acceptors (Lipinski definition) is 6. The van der Waals surface area contributed by atoms with Crippen LogP contribution in [0, 0.1) is 0 Å². The third kappa shape index (κ3) is 2.95. The van der Waals surface area contributed by atoms with E-state index in [4.69, 9.17) is 4.74 Å². The van der Waals surface area contributed by atoms with E-state index in [2.05, 4.69) is 25.4 Å². The van der Waals surface area contributed by atoms with Crippen LogP contribution < -0.4 is 10.1 Å². The second-order valence-corrected chi connectivity index (χ2v) is 3.60. The highest BCUT2D eigenvalue weighted by molar-refractivity contribution is 5.29. The molecule has 0 saturated heterocycles. The maximum Gasteiger partial charge on any atom is 0.419 e. The van der Waals surface area contributed by atoms with Gasteiger partial charge in [-0.3, -0.25) is 0 Å². The molecule has 2 heterocycles. The first-order chi connectivity index (χ1) is 9.44. The van der Waals surface area contributed by atoms with Crippen molar-refractivity contribution in [1.82, 2.24) is 24.7 Å². The Kier molecular flexibility index (Phi) is 3.72. The van der Waals surface area contributed by atoms with Crippen molar-refractivity contribution in [3.05, 3.63) is 18.0 Å². The van der Waals surface area contributed by atoms with Gasteiger partial charge >= 0.3 is 12.2 Å². The van der Waals surface area contributed by atoms with Gasteiger partial charge in [-0.25, -0.2) is 4.68 Å². The van der Waals surface area contributed by atoms with Crippen molar-refractivity contribution in [3.63, 3.8) is 0 Å². The Morgan fingerprint density at radius 1 is 1.30 bits per heavy atom. The van der Waals surface area contributed by atoms with Crippen molar-refractivity contribution >= 4 is 5.95 Å². The zero-order valence-electron chi connectivity index (χ0n) is 10.6. The molecule has 0 aromatic carbocycles. The minimum atomic E-state index is -4.47. The summed E-state index contributed by atoms with van der Waals surface area (Å²) in [5.74, 6) is 0.103. The Morgan fingerprint density at radius 3 is 2.60 bits per heavy atom. The Balaban J connectivity index is 2.41. The molecule has 0 fully saturated rings. The van der Waals surface area contributed by atoms with E-state index in [1.54, 1.807) is 14.0 Å².